The summed E-state index contributed by atoms with van der Waals surface area (Å²) in [6.07, 6.45) is 0.836. The first-order valence-electron chi connectivity index (χ1n) is 10.1. The molecule has 0 bridgehead atoms. The molecule has 4 rings (SSSR count). The Morgan fingerprint density at radius 3 is 2.41 bits per heavy atom. The summed E-state index contributed by atoms with van der Waals surface area (Å²) in [7, 11) is 3.27. The number of aromatic nitrogens is 3. The van der Waals surface area contributed by atoms with Crippen molar-refractivity contribution in [2.45, 2.75) is 17.8 Å². The highest BCUT2D eigenvalue weighted by molar-refractivity contribution is 7.98. The summed E-state index contributed by atoms with van der Waals surface area (Å²) in [4.78, 5) is 11.2. The Morgan fingerprint density at radius 1 is 0.938 bits per heavy atom. The van der Waals surface area contributed by atoms with Gasteiger partial charge in [0.2, 0.25) is 0 Å². The number of nitrogens with zero attached hydrogens (tertiary/aromatic N) is 3. The molecule has 4 aromatic rings. The van der Waals surface area contributed by atoms with Crippen LogP contribution in [0.25, 0.3) is 17.1 Å². The average Bonchev–Trinajstić information content (AvgIpc) is 3.26. The lowest BCUT2D eigenvalue weighted by Crippen LogP contribution is -2.01. The van der Waals surface area contributed by atoms with E-state index in [2.05, 4.69) is 41.4 Å². The SMILES string of the molecule is COc1ccc(C=O)cc1CSc1nnc(-c2ccccc2OC)n1-c1ccc(C)cc1. The quantitative estimate of drug-likeness (QED) is 0.269. The number of thioether (sulfide) groups is 1. The van der Waals surface area contributed by atoms with E-state index < -0.39 is 0 Å². The summed E-state index contributed by atoms with van der Waals surface area (Å²) in [6, 6.07) is 21.4. The third kappa shape index (κ3) is 4.38. The number of aryl methyl sites for hydroxylation is 1. The van der Waals surface area contributed by atoms with Crippen molar-refractivity contribution in [3.05, 3.63) is 83.4 Å². The normalized spacial score (nSPS) is 10.7. The maximum atomic E-state index is 11.2. The van der Waals surface area contributed by atoms with E-state index in [1.165, 1.54) is 17.3 Å². The van der Waals surface area contributed by atoms with Gasteiger partial charge in [0.15, 0.2) is 11.0 Å². The van der Waals surface area contributed by atoms with Crippen LogP contribution in [0.2, 0.25) is 0 Å². The van der Waals surface area contributed by atoms with Gasteiger partial charge in [-0.25, -0.2) is 0 Å². The standard InChI is InChI=1S/C25H23N3O3S/c1-17-8-11-20(12-9-17)28-24(21-6-4-5-7-23(21)31-3)26-27-25(28)32-16-19-14-18(15-29)10-13-22(19)30-2/h4-15H,16H2,1-3H3. The van der Waals surface area contributed by atoms with Crippen LogP contribution in [-0.4, -0.2) is 35.3 Å². The second kappa shape index (κ2) is 9.70. The second-order valence-corrected chi connectivity index (χ2v) is 8.10. The first-order valence-corrected chi connectivity index (χ1v) is 11.0. The van der Waals surface area contributed by atoms with Crippen molar-refractivity contribution in [3.63, 3.8) is 0 Å². The van der Waals surface area contributed by atoms with Crippen molar-refractivity contribution >= 4 is 18.0 Å². The van der Waals surface area contributed by atoms with Gasteiger partial charge in [-0.1, -0.05) is 41.6 Å². The van der Waals surface area contributed by atoms with E-state index in [1.54, 1.807) is 20.3 Å². The van der Waals surface area contributed by atoms with E-state index in [0.29, 0.717) is 17.1 Å². The smallest absolute Gasteiger partial charge is 0.196 e. The summed E-state index contributed by atoms with van der Waals surface area (Å²) in [6.45, 7) is 2.05. The minimum Gasteiger partial charge on any atom is -0.496 e. The van der Waals surface area contributed by atoms with Crippen LogP contribution >= 0.6 is 11.8 Å². The van der Waals surface area contributed by atoms with Gasteiger partial charge in [-0.2, -0.15) is 0 Å². The van der Waals surface area contributed by atoms with Gasteiger partial charge in [-0.15, -0.1) is 10.2 Å². The molecular weight excluding hydrogens is 422 g/mol. The predicted molar refractivity (Wildman–Crippen MR) is 126 cm³/mol. The number of methoxy groups -OCH3 is 2. The molecule has 0 spiro atoms. The first-order chi connectivity index (χ1) is 15.6. The van der Waals surface area contributed by atoms with E-state index in [4.69, 9.17) is 9.47 Å². The zero-order valence-electron chi connectivity index (χ0n) is 18.1. The Kier molecular flexibility index (Phi) is 6.56. The Hall–Kier alpha value is -3.58. The lowest BCUT2D eigenvalue weighted by molar-refractivity contribution is 0.112. The minimum atomic E-state index is 0.570. The molecule has 0 aliphatic rings. The van der Waals surface area contributed by atoms with Gasteiger partial charge in [0.25, 0.3) is 0 Å². The van der Waals surface area contributed by atoms with Crippen molar-refractivity contribution in [2.75, 3.05) is 14.2 Å². The number of rotatable bonds is 8. The Labute approximate surface area is 191 Å². The molecule has 1 aromatic heterocycles. The number of carbonyl (C=O) groups is 1. The van der Waals surface area contributed by atoms with Crippen LogP contribution in [0, 0.1) is 6.92 Å². The van der Waals surface area contributed by atoms with E-state index >= 15 is 0 Å². The summed E-state index contributed by atoms with van der Waals surface area (Å²) in [5.74, 6) is 2.72. The Balaban J connectivity index is 1.77. The van der Waals surface area contributed by atoms with Crippen LogP contribution in [-0.2, 0) is 5.75 Å². The van der Waals surface area contributed by atoms with E-state index in [0.717, 1.165) is 39.8 Å². The molecule has 3 aromatic carbocycles. The van der Waals surface area contributed by atoms with Crippen LogP contribution in [0.5, 0.6) is 11.5 Å². The highest BCUT2D eigenvalue weighted by Gasteiger charge is 2.19. The number of carbonyl (C=O) groups excluding carboxylic acids is 1. The van der Waals surface area contributed by atoms with Crippen molar-refractivity contribution in [1.82, 2.24) is 14.8 Å². The van der Waals surface area contributed by atoms with Gasteiger partial charge < -0.3 is 9.47 Å². The Bertz CT molecular complexity index is 1240. The summed E-state index contributed by atoms with van der Waals surface area (Å²) in [5.41, 5.74) is 4.51. The summed E-state index contributed by atoms with van der Waals surface area (Å²) < 4.78 is 13.1. The largest absolute Gasteiger partial charge is 0.496 e. The molecule has 0 fully saturated rings. The molecule has 0 saturated heterocycles. The summed E-state index contributed by atoms with van der Waals surface area (Å²) in [5, 5.41) is 9.73. The Morgan fingerprint density at radius 2 is 1.69 bits per heavy atom. The molecule has 0 saturated carbocycles. The van der Waals surface area contributed by atoms with Gasteiger partial charge in [0.05, 0.1) is 19.8 Å². The van der Waals surface area contributed by atoms with Gasteiger partial charge in [-0.05, 0) is 49.4 Å². The van der Waals surface area contributed by atoms with Crippen LogP contribution in [0.15, 0.2) is 71.9 Å². The number of hydrogen-bond acceptors (Lipinski definition) is 6. The van der Waals surface area contributed by atoms with Crippen molar-refractivity contribution < 1.29 is 14.3 Å². The van der Waals surface area contributed by atoms with E-state index in [-0.39, 0.29) is 0 Å². The topological polar surface area (TPSA) is 66.2 Å². The van der Waals surface area contributed by atoms with Crippen LogP contribution in [0.4, 0.5) is 0 Å². The van der Waals surface area contributed by atoms with Gasteiger partial charge in [0, 0.05) is 22.6 Å². The molecule has 0 aliphatic heterocycles. The average molecular weight is 446 g/mol. The minimum absolute atomic E-state index is 0.570. The molecule has 32 heavy (non-hydrogen) atoms. The van der Waals surface area contributed by atoms with Crippen LogP contribution in [0.1, 0.15) is 21.5 Å². The van der Waals surface area contributed by atoms with Crippen LogP contribution in [0.3, 0.4) is 0 Å². The number of para-hydroxylation sites is 1. The van der Waals surface area contributed by atoms with Gasteiger partial charge in [0.1, 0.15) is 17.8 Å². The maximum Gasteiger partial charge on any atom is 0.196 e. The fourth-order valence-corrected chi connectivity index (χ4v) is 4.35. The highest BCUT2D eigenvalue weighted by Crippen LogP contribution is 2.35. The summed E-state index contributed by atoms with van der Waals surface area (Å²) >= 11 is 1.53. The lowest BCUT2D eigenvalue weighted by atomic mass is 10.1. The molecule has 0 unspecified atom stereocenters. The van der Waals surface area contributed by atoms with Crippen molar-refractivity contribution in [2.24, 2.45) is 0 Å². The molecule has 6 nitrogen and oxygen atoms in total. The molecular formula is C25H23N3O3S. The first kappa shape index (κ1) is 21.6. The number of hydrogen-bond donors (Lipinski definition) is 0. The van der Waals surface area contributed by atoms with E-state index in [1.807, 2.05) is 41.0 Å². The lowest BCUT2D eigenvalue weighted by Gasteiger charge is -2.13. The molecule has 0 atom stereocenters. The molecule has 7 heteroatoms. The molecule has 0 amide bonds. The zero-order chi connectivity index (χ0) is 22.5. The number of benzene rings is 3. The predicted octanol–water partition coefficient (Wildman–Crippen LogP) is 5.36. The molecule has 162 valence electrons. The van der Waals surface area contributed by atoms with E-state index in [9.17, 15) is 4.79 Å². The third-order valence-corrected chi connectivity index (χ3v) is 6.05. The fraction of sp³-hybridized carbons (Fsp3) is 0.160. The molecule has 0 aliphatic carbocycles. The number of aldehydes is 1. The number of ether oxygens (including phenoxy) is 2. The van der Waals surface area contributed by atoms with Crippen molar-refractivity contribution in [1.29, 1.82) is 0 Å². The molecule has 0 radical (unpaired) electrons. The molecule has 1 heterocycles. The molecule has 0 N–H and O–H groups in total. The van der Waals surface area contributed by atoms with Crippen LogP contribution < -0.4 is 9.47 Å². The zero-order valence-corrected chi connectivity index (χ0v) is 18.9. The van der Waals surface area contributed by atoms with Crippen molar-refractivity contribution in [3.8, 4) is 28.6 Å². The third-order valence-electron chi connectivity index (χ3n) is 5.07. The van der Waals surface area contributed by atoms with Gasteiger partial charge >= 0.3 is 0 Å². The maximum absolute atomic E-state index is 11.2. The highest BCUT2D eigenvalue weighted by atomic mass is 32.2. The second-order valence-electron chi connectivity index (χ2n) is 7.16. The monoisotopic (exact) mass is 445 g/mol. The van der Waals surface area contributed by atoms with Gasteiger partial charge in [-0.3, -0.25) is 9.36 Å². The fourth-order valence-electron chi connectivity index (χ4n) is 3.42.